The predicted molar refractivity (Wildman–Crippen MR) is 62.3 cm³/mol. The van der Waals surface area contributed by atoms with E-state index in [-0.39, 0.29) is 5.56 Å². The molecule has 1 heterocycles. The average molecular weight is 227 g/mol. The third kappa shape index (κ3) is 1.45. The summed E-state index contributed by atoms with van der Waals surface area (Å²) >= 11 is 0. The Morgan fingerprint density at radius 1 is 1.29 bits per heavy atom. The van der Waals surface area contributed by atoms with Crippen molar-refractivity contribution in [1.82, 2.24) is 5.16 Å². The second-order valence-corrected chi connectivity index (χ2v) is 4.03. The highest BCUT2D eigenvalue weighted by Crippen LogP contribution is 2.32. The van der Waals surface area contributed by atoms with Gasteiger partial charge in [-0.15, -0.1) is 0 Å². The van der Waals surface area contributed by atoms with Crippen LogP contribution in [0.25, 0.3) is 22.2 Å². The maximum absolute atomic E-state index is 10.9. The molecule has 4 heteroatoms. The lowest BCUT2D eigenvalue weighted by atomic mass is 10.1. The molecule has 0 atom stereocenters. The number of carboxylic acid groups (broad SMARTS) is 1. The molecule has 1 aromatic carbocycles. The van der Waals surface area contributed by atoms with Gasteiger partial charge in [-0.25, -0.2) is 4.79 Å². The van der Waals surface area contributed by atoms with Crippen LogP contribution >= 0.6 is 0 Å². The van der Waals surface area contributed by atoms with E-state index in [1.165, 1.54) is 6.07 Å². The molecule has 0 spiro atoms. The molecule has 0 amide bonds. The molecule has 4 nitrogen and oxygen atoms in total. The smallest absolute Gasteiger partial charge is 0.335 e. The van der Waals surface area contributed by atoms with Crippen molar-refractivity contribution >= 4 is 16.9 Å². The van der Waals surface area contributed by atoms with E-state index in [1.54, 1.807) is 12.1 Å². The van der Waals surface area contributed by atoms with E-state index in [4.69, 9.17) is 9.63 Å². The molecule has 0 saturated heterocycles. The van der Waals surface area contributed by atoms with Gasteiger partial charge in [0, 0.05) is 10.9 Å². The van der Waals surface area contributed by atoms with Crippen molar-refractivity contribution in [3.05, 3.63) is 41.5 Å². The molecule has 1 aliphatic carbocycles. The zero-order valence-corrected chi connectivity index (χ0v) is 9.10. The molecular formula is C13H9NO3. The number of nitrogens with zero attached hydrogens (tertiary/aromatic N) is 1. The van der Waals surface area contributed by atoms with Gasteiger partial charge in [-0.1, -0.05) is 11.2 Å². The highest BCUT2D eigenvalue weighted by Gasteiger charge is 2.14. The number of rotatable bonds is 1. The summed E-state index contributed by atoms with van der Waals surface area (Å²) in [7, 11) is 0. The van der Waals surface area contributed by atoms with Crippen LogP contribution in [0.2, 0.25) is 0 Å². The van der Waals surface area contributed by atoms with Crippen LogP contribution in [0.5, 0.6) is 0 Å². The Labute approximate surface area is 96.8 Å². The number of aryl methyl sites for hydroxylation is 1. The van der Waals surface area contributed by atoms with Crippen molar-refractivity contribution < 1.29 is 14.4 Å². The maximum atomic E-state index is 10.9. The van der Waals surface area contributed by atoms with Crippen LogP contribution in [-0.4, -0.2) is 16.2 Å². The Kier molecular flexibility index (Phi) is 1.92. The fourth-order valence-corrected chi connectivity index (χ4v) is 1.98. The van der Waals surface area contributed by atoms with Gasteiger partial charge in [-0.3, -0.25) is 0 Å². The van der Waals surface area contributed by atoms with Crippen LogP contribution < -0.4 is 0 Å². The van der Waals surface area contributed by atoms with Gasteiger partial charge in [0.05, 0.1) is 5.56 Å². The molecule has 0 unspecified atom stereocenters. The molecular weight excluding hydrogens is 218 g/mol. The van der Waals surface area contributed by atoms with Crippen molar-refractivity contribution in [3.63, 3.8) is 0 Å². The van der Waals surface area contributed by atoms with E-state index in [0.717, 1.165) is 22.3 Å². The molecule has 84 valence electrons. The number of hydrogen-bond donors (Lipinski definition) is 1. The van der Waals surface area contributed by atoms with Gasteiger partial charge < -0.3 is 9.63 Å². The molecule has 17 heavy (non-hydrogen) atoms. The molecule has 0 aromatic heterocycles. The third-order valence-electron chi connectivity index (χ3n) is 2.77. The molecule has 0 fully saturated rings. The van der Waals surface area contributed by atoms with E-state index in [9.17, 15) is 4.79 Å². The lowest BCUT2D eigenvalue weighted by molar-refractivity contribution is 0.0697. The van der Waals surface area contributed by atoms with Crippen molar-refractivity contribution in [2.24, 2.45) is 0 Å². The van der Waals surface area contributed by atoms with E-state index in [1.807, 2.05) is 19.1 Å². The molecule has 3 rings (SSSR count). The average Bonchev–Trinajstić information content (AvgIpc) is 2.69. The van der Waals surface area contributed by atoms with E-state index in [0.29, 0.717) is 5.52 Å². The second kappa shape index (κ2) is 3.31. The summed E-state index contributed by atoms with van der Waals surface area (Å²) in [5, 5.41) is 13.7. The molecule has 1 aromatic rings. The second-order valence-electron chi connectivity index (χ2n) is 4.03. The van der Waals surface area contributed by atoms with Gasteiger partial charge in [0.1, 0.15) is 5.52 Å². The number of hydrogen-bond acceptors (Lipinski definition) is 3. The zero-order valence-electron chi connectivity index (χ0n) is 9.10. The minimum atomic E-state index is -0.965. The summed E-state index contributed by atoms with van der Waals surface area (Å²) in [5.74, 6) is -0.245. The third-order valence-corrected chi connectivity index (χ3v) is 2.77. The van der Waals surface area contributed by atoms with Crippen molar-refractivity contribution in [2.75, 3.05) is 0 Å². The molecule has 0 saturated carbocycles. The van der Waals surface area contributed by atoms with Gasteiger partial charge in [-0.2, -0.15) is 0 Å². The van der Waals surface area contributed by atoms with Gasteiger partial charge in [0.15, 0.2) is 5.76 Å². The minimum absolute atomic E-state index is 0.211. The first-order chi connectivity index (χ1) is 8.15. The Morgan fingerprint density at radius 3 is 2.88 bits per heavy atom. The predicted octanol–water partition coefficient (Wildman–Crippen LogP) is 2.94. The maximum Gasteiger partial charge on any atom is 0.335 e. The van der Waals surface area contributed by atoms with Gasteiger partial charge in [0.2, 0.25) is 0 Å². The Morgan fingerprint density at radius 2 is 2.12 bits per heavy atom. The Bertz CT molecular complexity index is 699. The number of aromatic nitrogens is 1. The molecule has 2 aliphatic rings. The lowest BCUT2D eigenvalue weighted by Crippen LogP contribution is -1.96. The number of aromatic carboxylic acids is 1. The number of fused-ring (bicyclic) bond motifs is 3. The van der Waals surface area contributed by atoms with Crippen LogP contribution in [0.1, 0.15) is 15.9 Å². The summed E-state index contributed by atoms with van der Waals surface area (Å²) in [6, 6.07) is 8.77. The van der Waals surface area contributed by atoms with E-state index >= 15 is 0 Å². The van der Waals surface area contributed by atoms with Gasteiger partial charge >= 0.3 is 5.97 Å². The highest BCUT2D eigenvalue weighted by molar-refractivity contribution is 5.98. The summed E-state index contributed by atoms with van der Waals surface area (Å²) in [5.41, 5.74) is 2.83. The van der Waals surface area contributed by atoms with Crippen LogP contribution in [0.4, 0.5) is 0 Å². The summed E-state index contributed by atoms with van der Waals surface area (Å²) < 4.78 is 5.24. The summed E-state index contributed by atoms with van der Waals surface area (Å²) in [4.78, 5) is 10.9. The number of carboxylic acids is 1. The minimum Gasteiger partial charge on any atom is -0.478 e. The SMILES string of the molecule is Cc1cc2onc3cc(C(=O)O)ccc3c-2c1. The fraction of sp³-hybridized carbons (Fsp3) is 0.0769. The number of carbonyl (C=O) groups is 1. The topological polar surface area (TPSA) is 63.3 Å². The van der Waals surface area contributed by atoms with Gasteiger partial charge in [0.25, 0.3) is 0 Å². The normalized spacial score (nSPS) is 11.1. The first kappa shape index (κ1) is 9.84. The van der Waals surface area contributed by atoms with Crippen molar-refractivity contribution in [1.29, 1.82) is 0 Å². The summed E-state index contributed by atoms with van der Waals surface area (Å²) in [6.07, 6.45) is 0. The fourth-order valence-electron chi connectivity index (χ4n) is 1.98. The largest absolute Gasteiger partial charge is 0.478 e. The molecule has 0 bridgehead atoms. The first-order valence-electron chi connectivity index (χ1n) is 5.18. The lowest BCUT2D eigenvalue weighted by Gasteiger charge is -2.03. The Balaban J connectivity index is 2.36. The van der Waals surface area contributed by atoms with Crippen LogP contribution in [0.3, 0.4) is 0 Å². The van der Waals surface area contributed by atoms with Crippen molar-refractivity contribution in [2.45, 2.75) is 6.92 Å². The van der Waals surface area contributed by atoms with E-state index < -0.39 is 5.97 Å². The molecule has 1 aliphatic heterocycles. The Hall–Kier alpha value is -2.36. The van der Waals surface area contributed by atoms with E-state index in [2.05, 4.69) is 5.16 Å². The quantitative estimate of drug-likeness (QED) is 0.694. The van der Waals surface area contributed by atoms with Crippen LogP contribution in [-0.2, 0) is 0 Å². The van der Waals surface area contributed by atoms with Crippen LogP contribution in [0, 0.1) is 6.92 Å². The molecule has 0 radical (unpaired) electrons. The first-order valence-corrected chi connectivity index (χ1v) is 5.18. The summed E-state index contributed by atoms with van der Waals surface area (Å²) in [6.45, 7) is 1.98. The van der Waals surface area contributed by atoms with Crippen LogP contribution in [0.15, 0.2) is 34.9 Å². The van der Waals surface area contributed by atoms with Crippen molar-refractivity contribution in [3.8, 4) is 11.3 Å². The molecule has 1 N–H and O–H groups in total. The highest BCUT2D eigenvalue weighted by atomic mass is 16.5. The number of benzene rings is 1. The standard InChI is InChI=1S/C13H9NO3/c1-7-4-10-9-3-2-8(13(15)16)6-11(9)14-17-12(10)5-7/h2-6H,1H3,(H,15,16). The monoisotopic (exact) mass is 227 g/mol. The zero-order chi connectivity index (χ0) is 12.0. The van der Waals surface area contributed by atoms with Gasteiger partial charge in [-0.05, 0) is 36.8 Å².